The molecule has 1 heterocycles. The molecular formula is C19H13F3N4O6. The van der Waals surface area contributed by atoms with E-state index >= 15 is 0 Å². The van der Waals surface area contributed by atoms with Crippen molar-refractivity contribution in [2.75, 3.05) is 11.9 Å². The molecule has 2 aromatic rings. The topological polar surface area (TPSA) is 139 Å². The number of halogens is 3. The lowest BCUT2D eigenvalue weighted by Crippen LogP contribution is -2.40. The number of hydrogen-bond donors (Lipinski definition) is 2. The minimum absolute atomic E-state index is 0.0680. The average Bonchev–Trinajstić information content (AvgIpc) is 2.96. The number of nitrogens with one attached hydrogen (secondary N) is 2. The molecule has 2 aromatic carbocycles. The third-order valence-electron chi connectivity index (χ3n) is 4.40. The fourth-order valence-electron chi connectivity index (χ4n) is 2.90. The van der Waals surface area contributed by atoms with Gasteiger partial charge in [-0.3, -0.25) is 34.2 Å². The zero-order valence-electron chi connectivity index (χ0n) is 15.9. The summed E-state index contributed by atoms with van der Waals surface area (Å²) >= 11 is 0. The summed E-state index contributed by atoms with van der Waals surface area (Å²) in [7, 11) is 0. The van der Waals surface area contributed by atoms with Crippen LogP contribution >= 0.6 is 0 Å². The van der Waals surface area contributed by atoms with Crippen molar-refractivity contribution in [3.05, 3.63) is 69.3 Å². The first-order chi connectivity index (χ1) is 15.0. The third-order valence-corrected chi connectivity index (χ3v) is 4.40. The van der Waals surface area contributed by atoms with E-state index in [1.807, 2.05) is 0 Å². The number of hydrogen-bond acceptors (Lipinski definition) is 6. The molecular weight excluding hydrogens is 437 g/mol. The highest BCUT2D eigenvalue weighted by molar-refractivity contribution is 6.22. The number of rotatable bonds is 6. The highest BCUT2D eigenvalue weighted by Crippen LogP contribution is 2.26. The van der Waals surface area contributed by atoms with Crippen LogP contribution in [-0.2, 0) is 16.1 Å². The first-order valence-corrected chi connectivity index (χ1v) is 8.86. The molecule has 166 valence electrons. The van der Waals surface area contributed by atoms with Crippen LogP contribution in [0.2, 0.25) is 0 Å². The van der Waals surface area contributed by atoms with E-state index in [4.69, 9.17) is 0 Å². The second-order valence-electron chi connectivity index (χ2n) is 6.61. The van der Waals surface area contributed by atoms with E-state index in [-0.39, 0.29) is 29.0 Å². The minimum atomic E-state index is -5.06. The summed E-state index contributed by atoms with van der Waals surface area (Å²) in [6, 6.07) is 8.44. The van der Waals surface area contributed by atoms with E-state index in [0.717, 1.165) is 18.2 Å². The fourth-order valence-corrected chi connectivity index (χ4v) is 2.90. The van der Waals surface area contributed by atoms with E-state index in [1.165, 1.54) is 24.3 Å². The zero-order chi connectivity index (χ0) is 23.6. The SMILES string of the molecule is O=C(CN1C(=O)c2ccc([N+](=O)[O-])cc2C1=O)NCc1cccc(NC(=O)C(F)(F)F)c1. The van der Waals surface area contributed by atoms with Crippen LogP contribution in [0.15, 0.2) is 42.5 Å². The summed E-state index contributed by atoms with van der Waals surface area (Å²) in [5.74, 6) is -4.55. The van der Waals surface area contributed by atoms with Gasteiger partial charge in [0.15, 0.2) is 0 Å². The average molecular weight is 450 g/mol. The van der Waals surface area contributed by atoms with Crippen molar-refractivity contribution in [2.24, 2.45) is 0 Å². The Hall–Kier alpha value is -4.29. The predicted octanol–water partition coefficient (Wildman–Crippen LogP) is 2.01. The number of amides is 4. The molecule has 10 nitrogen and oxygen atoms in total. The Morgan fingerprint density at radius 1 is 1.03 bits per heavy atom. The Balaban J connectivity index is 1.61. The number of benzene rings is 2. The van der Waals surface area contributed by atoms with Gasteiger partial charge >= 0.3 is 12.1 Å². The molecule has 1 aliphatic rings. The highest BCUT2D eigenvalue weighted by atomic mass is 19.4. The number of non-ortho nitro benzene ring substituents is 1. The number of carbonyl (C=O) groups is 4. The monoisotopic (exact) mass is 450 g/mol. The quantitative estimate of drug-likeness (QED) is 0.392. The minimum Gasteiger partial charge on any atom is -0.350 e. The fraction of sp³-hybridized carbons (Fsp3) is 0.158. The smallest absolute Gasteiger partial charge is 0.350 e. The Kier molecular flexibility index (Phi) is 5.91. The van der Waals surface area contributed by atoms with Gasteiger partial charge in [-0.05, 0) is 23.8 Å². The molecule has 0 fully saturated rings. The molecule has 1 aliphatic heterocycles. The number of alkyl halides is 3. The predicted molar refractivity (Wildman–Crippen MR) is 101 cm³/mol. The number of nitro groups is 1. The molecule has 4 amide bonds. The Morgan fingerprint density at radius 2 is 1.72 bits per heavy atom. The Morgan fingerprint density at radius 3 is 2.38 bits per heavy atom. The van der Waals surface area contributed by atoms with E-state index in [9.17, 15) is 42.5 Å². The highest BCUT2D eigenvalue weighted by Gasteiger charge is 2.39. The van der Waals surface area contributed by atoms with Gasteiger partial charge in [-0.15, -0.1) is 0 Å². The van der Waals surface area contributed by atoms with Crippen LogP contribution in [0, 0.1) is 10.1 Å². The molecule has 0 bridgehead atoms. The van der Waals surface area contributed by atoms with Crippen LogP contribution in [0.4, 0.5) is 24.5 Å². The van der Waals surface area contributed by atoms with Gasteiger partial charge in [0.2, 0.25) is 5.91 Å². The van der Waals surface area contributed by atoms with Crippen molar-refractivity contribution in [3.8, 4) is 0 Å². The van der Waals surface area contributed by atoms with Gasteiger partial charge in [-0.1, -0.05) is 12.1 Å². The van der Waals surface area contributed by atoms with Crippen molar-refractivity contribution < 1.29 is 37.3 Å². The van der Waals surface area contributed by atoms with Crippen molar-refractivity contribution in [2.45, 2.75) is 12.7 Å². The van der Waals surface area contributed by atoms with E-state index in [0.29, 0.717) is 10.5 Å². The number of imide groups is 1. The van der Waals surface area contributed by atoms with Gasteiger partial charge in [0.1, 0.15) is 6.54 Å². The molecule has 0 saturated heterocycles. The van der Waals surface area contributed by atoms with Crippen LogP contribution in [0.1, 0.15) is 26.3 Å². The molecule has 2 N–H and O–H groups in total. The summed E-state index contributed by atoms with van der Waals surface area (Å²) in [5, 5.41) is 14.9. The molecule has 0 aromatic heterocycles. The van der Waals surface area contributed by atoms with E-state index < -0.39 is 41.3 Å². The van der Waals surface area contributed by atoms with E-state index in [1.54, 1.807) is 5.32 Å². The summed E-state index contributed by atoms with van der Waals surface area (Å²) in [5.41, 5.74) is -0.433. The number of nitrogens with zero attached hydrogens (tertiary/aromatic N) is 2. The lowest BCUT2D eigenvalue weighted by atomic mass is 10.1. The number of nitro benzene ring substituents is 1. The molecule has 0 spiro atoms. The number of carbonyl (C=O) groups excluding carboxylic acids is 4. The van der Waals surface area contributed by atoms with Gasteiger partial charge in [-0.2, -0.15) is 13.2 Å². The van der Waals surface area contributed by atoms with Crippen LogP contribution in [0.25, 0.3) is 0 Å². The maximum absolute atomic E-state index is 12.4. The Labute approximate surface area is 177 Å². The maximum Gasteiger partial charge on any atom is 0.471 e. The van der Waals surface area contributed by atoms with Gasteiger partial charge in [0.25, 0.3) is 17.5 Å². The second-order valence-corrected chi connectivity index (χ2v) is 6.61. The van der Waals surface area contributed by atoms with Gasteiger partial charge < -0.3 is 10.6 Å². The summed E-state index contributed by atoms with van der Waals surface area (Å²) in [4.78, 5) is 58.7. The van der Waals surface area contributed by atoms with Gasteiger partial charge in [0.05, 0.1) is 16.1 Å². The van der Waals surface area contributed by atoms with Crippen molar-refractivity contribution in [3.63, 3.8) is 0 Å². The first kappa shape index (κ1) is 22.4. The van der Waals surface area contributed by atoms with Crippen LogP contribution in [0.3, 0.4) is 0 Å². The lowest BCUT2D eigenvalue weighted by Gasteiger charge is -2.14. The largest absolute Gasteiger partial charge is 0.471 e. The molecule has 32 heavy (non-hydrogen) atoms. The van der Waals surface area contributed by atoms with Crippen molar-refractivity contribution in [1.82, 2.24) is 10.2 Å². The van der Waals surface area contributed by atoms with Crippen LogP contribution in [-0.4, -0.2) is 46.2 Å². The molecule has 0 unspecified atom stereocenters. The molecule has 0 aliphatic carbocycles. The molecule has 0 atom stereocenters. The van der Waals surface area contributed by atoms with Gasteiger partial charge in [0, 0.05) is 24.4 Å². The normalized spacial score (nSPS) is 13.0. The molecule has 3 rings (SSSR count). The number of fused-ring (bicyclic) bond motifs is 1. The second kappa shape index (κ2) is 8.45. The number of anilines is 1. The third kappa shape index (κ3) is 4.71. The lowest BCUT2D eigenvalue weighted by molar-refractivity contribution is -0.384. The van der Waals surface area contributed by atoms with Crippen molar-refractivity contribution in [1.29, 1.82) is 0 Å². The molecule has 0 saturated carbocycles. The summed E-state index contributed by atoms with van der Waals surface area (Å²) in [6.07, 6.45) is -5.06. The van der Waals surface area contributed by atoms with Crippen LogP contribution in [0.5, 0.6) is 0 Å². The Bertz CT molecular complexity index is 1150. The summed E-state index contributed by atoms with van der Waals surface area (Å²) < 4.78 is 37.0. The van der Waals surface area contributed by atoms with Crippen molar-refractivity contribution >= 4 is 35.0 Å². The maximum atomic E-state index is 12.4. The standard InChI is InChI=1S/C19H13F3N4O6/c20-19(21,22)18(30)24-11-3-1-2-10(6-11)8-23-15(27)9-25-16(28)13-5-4-12(26(31)32)7-14(13)17(25)29/h1-7H,8-9H2,(H,23,27)(H,24,30). The van der Waals surface area contributed by atoms with Crippen LogP contribution < -0.4 is 10.6 Å². The van der Waals surface area contributed by atoms with E-state index in [2.05, 4.69) is 5.32 Å². The first-order valence-electron chi connectivity index (χ1n) is 8.86. The summed E-state index contributed by atoms with van der Waals surface area (Å²) in [6.45, 7) is -0.826. The molecule has 13 heteroatoms. The zero-order valence-corrected chi connectivity index (χ0v) is 15.9. The molecule has 0 radical (unpaired) electrons. The van der Waals surface area contributed by atoms with Gasteiger partial charge in [-0.25, -0.2) is 0 Å².